The van der Waals surface area contributed by atoms with E-state index in [4.69, 9.17) is 5.11 Å². The molecule has 1 aliphatic heterocycles. The summed E-state index contributed by atoms with van der Waals surface area (Å²) < 4.78 is 66.5. The molecule has 0 aliphatic carbocycles. The fourth-order valence-electron chi connectivity index (χ4n) is 1.88. The smallest absolute Gasteiger partial charge is 0.411 e. The Labute approximate surface area is 120 Å². The van der Waals surface area contributed by atoms with E-state index < -0.39 is 41.5 Å². The van der Waals surface area contributed by atoms with Crippen LogP contribution in [0.25, 0.3) is 0 Å². The van der Waals surface area contributed by atoms with Gasteiger partial charge in [-0.05, 0) is 12.8 Å². The maximum atomic E-state index is 11.9. The average Bonchev–Trinajstić information content (AvgIpc) is 2.37. The van der Waals surface area contributed by atoms with Crippen LogP contribution < -0.4 is 4.72 Å². The van der Waals surface area contributed by atoms with Gasteiger partial charge in [-0.1, -0.05) is 0 Å². The van der Waals surface area contributed by atoms with Crippen LogP contribution in [0.1, 0.15) is 12.8 Å². The van der Waals surface area contributed by atoms with Crippen LogP contribution in [0.15, 0.2) is 0 Å². The third kappa shape index (κ3) is 6.59. The molecular formula is C10H17F3N2O5S. The fraction of sp³-hybridized carbons (Fsp3) is 0.900. The summed E-state index contributed by atoms with van der Waals surface area (Å²) in [6.07, 6.45) is -3.64. The van der Waals surface area contributed by atoms with E-state index in [0.29, 0.717) is 12.8 Å². The Morgan fingerprint density at radius 3 is 2.67 bits per heavy atom. The zero-order valence-electron chi connectivity index (χ0n) is 11.1. The van der Waals surface area contributed by atoms with Gasteiger partial charge in [-0.3, -0.25) is 4.79 Å². The second-order valence-electron chi connectivity index (χ2n) is 4.60. The molecule has 1 atom stereocenters. The number of nitrogens with one attached hydrogen (secondary N) is 1. The first-order valence-corrected chi connectivity index (χ1v) is 7.68. The van der Waals surface area contributed by atoms with Crippen molar-refractivity contribution in [1.82, 2.24) is 9.03 Å². The van der Waals surface area contributed by atoms with Crippen molar-refractivity contribution in [3.05, 3.63) is 0 Å². The molecule has 0 amide bonds. The SMILES string of the molecule is O=C(O)C1CCCN(S(=O)(=O)NCCOCC(F)(F)F)C1. The Balaban J connectivity index is 2.37. The van der Waals surface area contributed by atoms with Crippen molar-refractivity contribution < 1.29 is 36.2 Å². The Bertz CT molecular complexity index is 454. The molecule has 0 radical (unpaired) electrons. The number of halogens is 3. The fourth-order valence-corrected chi connectivity index (χ4v) is 3.15. The Morgan fingerprint density at radius 1 is 1.43 bits per heavy atom. The minimum Gasteiger partial charge on any atom is -0.481 e. The molecule has 0 bridgehead atoms. The van der Waals surface area contributed by atoms with Crippen LogP contribution in [0, 0.1) is 5.92 Å². The first-order valence-electron chi connectivity index (χ1n) is 6.24. The van der Waals surface area contributed by atoms with Gasteiger partial charge in [-0.15, -0.1) is 0 Å². The molecule has 2 N–H and O–H groups in total. The van der Waals surface area contributed by atoms with Crippen LogP contribution in [0.4, 0.5) is 13.2 Å². The molecule has 21 heavy (non-hydrogen) atoms. The summed E-state index contributed by atoms with van der Waals surface area (Å²) in [6, 6.07) is 0. The molecule has 0 saturated carbocycles. The maximum Gasteiger partial charge on any atom is 0.411 e. The third-order valence-electron chi connectivity index (χ3n) is 2.87. The highest BCUT2D eigenvalue weighted by molar-refractivity contribution is 7.87. The molecule has 0 spiro atoms. The number of rotatable bonds is 7. The predicted molar refractivity (Wildman–Crippen MR) is 65.7 cm³/mol. The predicted octanol–water partition coefficient (Wildman–Crippen LogP) is 0.196. The molecule has 0 aromatic rings. The monoisotopic (exact) mass is 334 g/mol. The zero-order valence-corrected chi connectivity index (χ0v) is 11.9. The van der Waals surface area contributed by atoms with E-state index in [1.807, 2.05) is 0 Å². The highest BCUT2D eigenvalue weighted by Gasteiger charge is 2.32. The van der Waals surface area contributed by atoms with E-state index in [1.165, 1.54) is 0 Å². The normalized spacial score (nSPS) is 21.4. The number of aliphatic carboxylic acids is 1. The Kier molecular flexibility index (Phi) is 6.38. The zero-order chi connectivity index (χ0) is 16.1. The molecule has 0 aromatic heterocycles. The quantitative estimate of drug-likeness (QED) is 0.648. The van der Waals surface area contributed by atoms with Crippen molar-refractivity contribution in [1.29, 1.82) is 0 Å². The third-order valence-corrected chi connectivity index (χ3v) is 4.45. The number of carbonyl (C=O) groups is 1. The second-order valence-corrected chi connectivity index (χ2v) is 6.36. The Morgan fingerprint density at radius 2 is 2.10 bits per heavy atom. The number of ether oxygens (including phenoxy) is 1. The minimum absolute atomic E-state index is 0.145. The van der Waals surface area contributed by atoms with Gasteiger partial charge in [0.1, 0.15) is 6.61 Å². The summed E-state index contributed by atoms with van der Waals surface area (Å²) >= 11 is 0. The second kappa shape index (κ2) is 7.38. The first-order chi connectivity index (χ1) is 9.62. The van der Waals surface area contributed by atoms with E-state index in [1.54, 1.807) is 0 Å². The van der Waals surface area contributed by atoms with Gasteiger partial charge in [-0.25, -0.2) is 0 Å². The molecule has 1 heterocycles. The molecule has 11 heteroatoms. The van der Waals surface area contributed by atoms with E-state index >= 15 is 0 Å². The molecule has 1 aliphatic rings. The molecule has 1 rings (SSSR count). The molecule has 1 fully saturated rings. The number of carboxylic acid groups (broad SMARTS) is 1. The van der Waals surface area contributed by atoms with Crippen LogP contribution in [-0.4, -0.2) is 62.8 Å². The summed E-state index contributed by atoms with van der Waals surface area (Å²) in [4.78, 5) is 10.9. The average molecular weight is 334 g/mol. The van der Waals surface area contributed by atoms with Gasteiger partial charge in [0, 0.05) is 19.6 Å². The van der Waals surface area contributed by atoms with E-state index in [-0.39, 0.29) is 19.6 Å². The lowest BCUT2D eigenvalue weighted by Crippen LogP contribution is -2.48. The van der Waals surface area contributed by atoms with Gasteiger partial charge in [0.2, 0.25) is 0 Å². The summed E-state index contributed by atoms with van der Waals surface area (Å²) in [7, 11) is -3.91. The number of carboxylic acids is 1. The van der Waals surface area contributed by atoms with Crippen molar-refractivity contribution >= 4 is 16.2 Å². The van der Waals surface area contributed by atoms with Crippen molar-refractivity contribution in [2.24, 2.45) is 5.92 Å². The molecule has 1 saturated heterocycles. The maximum absolute atomic E-state index is 11.9. The first kappa shape index (κ1) is 18.1. The van der Waals surface area contributed by atoms with Gasteiger partial charge in [0.15, 0.2) is 0 Å². The van der Waals surface area contributed by atoms with Crippen molar-refractivity contribution in [3.63, 3.8) is 0 Å². The largest absolute Gasteiger partial charge is 0.481 e. The number of hydrogen-bond donors (Lipinski definition) is 2. The van der Waals surface area contributed by atoms with Gasteiger partial charge >= 0.3 is 12.1 Å². The summed E-state index contributed by atoms with van der Waals surface area (Å²) in [5.41, 5.74) is 0. The van der Waals surface area contributed by atoms with Crippen molar-refractivity contribution in [2.75, 3.05) is 32.8 Å². The van der Waals surface area contributed by atoms with E-state index in [9.17, 15) is 26.4 Å². The topological polar surface area (TPSA) is 95.9 Å². The molecule has 124 valence electrons. The Hall–Kier alpha value is -0.910. The molecule has 1 unspecified atom stereocenters. The van der Waals surface area contributed by atoms with E-state index in [2.05, 4.69) is 9.46 Å². The lowest BCUT2D eigenvalue weighted by Gasteiger charge is -2.29. The van der Waals surface area contributed by atoms with Crippen molar-refractivity contribution in [2.45, 2.75) is 19.0 Å². The highest BCUT2D eigenvalue weighted by Crippen LogP contribution is 2.18. The summed E-state index contributed by atoms with van der Waals surface area (Å²) in [5.74, 6) is -1.83. The van der Waals surface area contributed by atoms with Crippen LogP contribution in [0.3, 0.4) is 0 Å². The highest BCUT2D eigenvalue weighted by atomic mass is 32.2. The molecule has 7 nitrogen and oxygen atoms in total. The van der Waals surface area contributed by atoms with Gasteiger partial charge in [-0.2, -0.15) is 30.6 Å². The lowest BCUT2D eigenvalue weighted by atomic mass is 10.0. The van der Waals surface area contributed by atoms with Gasteiger partial charge in [0.05, 0.1) is 12.5 Å². The van der Waals surface area contributed by atoms with Crippen LogP contribution >= 0.6 is 0 Å². The number of piperidine rings is 1. The molecule has 0 aromatic carbocycles. The van der Waals surface area contributed by atoms with Crippen LogP contribution in [0.2, 0.25) is 0 Å². The number of alkyl halides is 3. The van der Waals surface area contributed by atoms with Gasteiger partial charge < -0.3 is 9.84 Å². The lowest BCUT2D eigenvalue weighted by molar-refractivity contribution is -0.173. The van der Waals surface area contributed by atoms with Crippen LogP contribution in [0.5, 0.6) is 0 Å². The van der Waals surface area contributed by atoms with Crippen molar-refractivity contribution in [3.8, 4) is 0 Å². The summed E-state index contributed by atoms with van der Waals surface area (Å²) in [6.45, 7) is -2.14. The molecular weight excluding hydrogens is 317 g/mol. The summed E-state index contributed by atoms with van der Waals surface area (Å²) in [5, 5.41) is 8.88. The minimum atomic E-state index is -4.46. The van der Waals surface area contributed by atoms with E-state index in [0.717, 1.165) is 4.31 Å². The van der Waals surface area contributed by atoms with Gasteiger partial charge in [0.25, 0.3) is 10.2 Å². The number of nitrogens with zero attached hydrogens (tertiary/aromatic N) is 1. The standard InChI is InChI=1S/C10H17F3N2O5S/c11-10(12,13)7-20-5-3-14-21(18,19)15-4-1-2-8(6-15)9(16)17/h8,14H,1-7H2,(H,16,17). The van der Waals surface area contributed by atoms with Crippen LogP contribution in [-0.2, 0) is 19.7 Å². The number of hydrogen-bond acceptors (Lipinski definition) is 4.